The predicted octanol–water partition coefficient (Wildman–Crippen LogP) is 2.37. The summed E-state index contributed by atoms with van der Waals surface area (Å²) in [7, 11) is 0. The molecule has 0 aliphatic carbocycles. The molecule has 0 saturated heterocycles. The lowest BCUT2D eigenvalue weighted by atomic mass is 10.0. The third-order valence-electron chi connectivity index (χ3n) is 3.76. The van der Waals surface area contributed by atoms with Gasteiger partial charge in [0.1, 0.15) is 0 Å². The molecule has 0 atom stereocenters. The van der Waals surface area contributed by atoms with Gasteiger partial charge >= 0.3 is 0 Å². The highest BCUT2D eigenvalue weighted by molar-refractivity contribution is 6.31. The Bertz CT molecular complexity index is 978. The van der Waals surface area contributed by atoms with Gasteiger partial charge in [-0.05, 0) is 18.2 Å². The van der Waals surface area contributed by atoms with Crippen LogP contribution in [0.1, 0.15) is 27.6 Å². The Labute approximate surface area is 142 Å². The van der Waals surface area contributed by atoms with Gasteiger partial charge < -0.3 is 5.73 Å². The Morgan fingerprint density at radius 3 is 2.71 bits per heavy atom. The number of primary amides is 1. The molecule has 1 aliphatic heterocycles. The summed E-state index contributed by atoms with van der Waals surface area (Å²) in [5.41, 5.74) is 8.66. The predicted molar refractivity (Wildman–Crippen MR) is 90.7 cm³/mol. The van der Waals surface area contributed by atoms with Crippen LogP contribution in [-0.2, 0) is 6.54 Å². The Hall–Kier alpha value is -2.99. The van der Waals surface area contributed by atoms with Crippen molar-refractivity contribution in [1.29, 1.82) is 0 Å². The number of hydrogen-bond donors (Lipinski definition) is 1. The number of carbonyl (C=O) groups is 1. The molecule has 118 valence electrons. The van der Waals surface area contributed by atoms with Gasteiger partial charge in [0.2, 0.25) is 5.82 Å². The number of nitrogens with two attached hydrogens (primary N) is 1. The van der Waals surface area contributed by atoms with E-state index in [4.69, 9.17) is 17.3 Å². The van der Waals surface area contributed by atoms with Crippen molar-refractivity contribution in [2.24, 2.45) is 10.7 Å². The molecule has 3 aromatic rings. The van der Waals surface area contributed by atoms with E-state index in [9.17, 15) is 4.79 Å². The van der Waals surface area contributed by atoms with Crippen molar-refractivity contribution < 1.29 is 4.79 Å². The molecule has 0 fully saturated rings. The molecule has 1 amide bonds. The Morgan fingerprint density at radius 1 is 1.17 bits per heavy atom. The zero-order chi connectivity index (χ0) is 16.7. The van der Waals surface area contributed by atoms with E-state index in [1.165, 1.54) is 0 Å². The van der Waals surface area contributed by atoms with Gasteiger partial charge in [-0.15, -0.1) is 5.10 Å². The monoisotopic (exact) mass is 337 g/mol. The Balaban J connectivity index is 1.96. The standard InChI is InChI=1S/C17H12ClN5O/c18-11-6-7-13-12(8-11)15(10-4-2-1-3-5-10)20-9-14-21-17(16(19)24)22-23(13)14/h1-8H,9H2,(H2,19,24). The molecule has 6 nitrogen and oxygen atoms in total. The second-order valence-electron chi connectivity index (χ2n) is 5.32. The van der Waals surface area contributed by atoms with Gasteiger partial charge in [0.25, 0.3) is 5.91 Å². The summed E-state index contributed by atoms with van der Waals surface area (Å²) < 4.78 is 1.60. The smallest absolute Gasteiger partial charge is 0.288 e. The zero-order valence-corrected chi connectivity index (χ0v) is 13.2. The van der Waals surface area contributed by atoms with Gasteiger partial charge in [0.15, 0.2) is 5.82 Å². The number of aromatic nitrogens is 3. The first kappa shape index (κ1) is 14.6. The first-order chi connectivity index (χ1) is 11.6. The summed E-state index contributed by atoms with van der Waals surface area (Å²) in [6.45, 7) is 0.288. The van der Waals surface area contributed by atoms with E-state index in [0.717, 1.165) is 22.5 Å². The number of amides is 1. The van der Waals surface area contributed by atoms with Crippen molar-refractivity contribution in [3.05, 3.63) is 76.3 Å². The average molecular weight is 338 g/mol. The molecule has 0 unspecified atom stereocenters. The van der Waals surface area contributed by atoms with E-state index in [1.807, 2.05) is 42.5 Å². The molecule has 1 aliphatic rings. The number of aliphatic imine (C=N–C) groups is 1. The van der Waals surface area contributed by atoms with Crippen molar-refractivity contribution in [2.45, 2.75) is 6.54 Å². The van der Waals surface area contributed by atoms with E-state index >= 15 is 0 Å². The zero-order valence-electron chi connectivity index (χ0n) is 12.5. The Kier molecular flexibility index (Phi) is 3.39. The van der Waals surface area contributed by atoms with Crippen LogP contribution >= 0.6 is 11.6 Å². The molecule has 0 spiro atoms. The largest absolute Gasteiger partial charge is 0.363 e. The van der Waals surface area contributed by atoms with E-state index in [2.05, 4.69) is 15.1 Å². The highest BCUT2D eigenvalue weighted by Crippen LogP contribution is 2.26. The summed E-state index contributed by atoms with van der Waals surface area (Å²) >= 11 is 6.19. The summed E-state index contributed by atoms with van der Waals surface area (Å²) in [6, 6.07) is 15.3. The number of benzene rings is 2. The molecule has 2 heterocycles. The minimum absolute atomic E-state index is 0.0238. The number of rotatable bonds is 2. The van der Waals surface area contributed by atoms with Gasteiger partial charge in [0, 0.05) is 16.1 Å². The van der Waals surface area contributed by atoms with Gasteiger partial charge in [-0.3, -0.25) is 9.79 Å². The minimum Gasteiger partial charge on any atom is -0.363 e. The normalized spacial score (nSPS) is 12.8. The SMILES string of the molecule is NC(=O)c1nc2n(n1)-c1ccc(Cl)cc1C(c1ccccc1)=NC2. The van der Waals surface area contributed by atoms with Crippen LogP contribution in [0.25, 0.3) is 5.69 Å². The maximum atomic E-state index is 11.4. The van der Waals surface area contributed by atoms with Crippen molar-refractivity contribution in [2.75, 3.05) is 0 Å². The fraction of sp³-hybridized carbons (Fsp3) is 0.0588. The minimum atomic E-state index is -0.668. The molecule has 0 radical (unpaired) electrons. The molecule has 4 rings (SSSR count). The fourth-order valence-electron chi connectivity index (χ4n) is 2.70. The third kappa shape index (κ3) is 2.37. The van der Waals surface area contributed by atoms with Gasteiger partial charge in [-0.25, -0.2) is 9.67 Å². The van der Waals surface area contributed by atoms with Crippen LogP contribution in [0.4, 0.5) is 0 Å². The molecular formula is C17H12ClN5O. The van der Waals surface area contributed by atoms with E-state index < -0.39 is 5.91 Å². The van der Waals surface area contributed by atoms with Crippen LogP contribution in [0, 0.1) is 0 Å². The maximum absolute atomic E-state index is 11.4. The van der Waals surface area contributed by atoms with Crippen LogP contribution in [0.5, 0.6) is 0 Å². The van der Waals surface area contributed by atoms with E-state index in [1.54, 1.807) is 10.7 Å². The second-order valence-corrected chi connectivity index (χ2v) is 5.76. The fourth-order valence-corrected chi connectivity index (χ4v) is 2.88. The second kappa shape index (κ2) is 5.58. The lowest BCUT2D eigenvalue weighted by Gasteiger charge is -2.11. The first-order valence-corrected chi connectivity index (χ1v) is 7.67. The quantitative estimate of drug-likeness (QED) is 0.778. The summed E-state index contributed by atoms with van der Waals surface area (Å²) in [6.07, 6.45) is 0. The van der Waals surface area contributed by atoms with Crippen molar-refractivity contribution >= 4 is 23.2 Å². The lowest BCUT2D eigenvalue weighted by molar-refractivity contribution is 0.0990. The molecule has 2 N–H and O–H groups in total. The van der Waals surface area contributed by atoms with Crippen LogP contribution in [0.2, 0.25) is 5.02 Å². The number of nitrogens with zero attached hydrogens (tertiary/aromatic N) is 4. The molecule has 2 aromatic carbocycles. The molecule has 1 aromatic heterocycles. The molecular weight excluding hydrogens is 326 g/mol. The molecule has 0 saturated carbocycles. The van der Waals surface area contributed by atoms with Crippen LogP contribution in [0.15, 0.2) is 53.5 Å². The number of halogens is 1. The highest BCUT2D eigenvalue weighted by Gasteiger charge is 2.23. The number of carbonyl (C=O) groups excluding carboxylic acids is 1. The summed E-state index contributed by atoms with van der Waals surface area (Å²) in [4.78, 5) is 20.3. The van der Waals surface area contributed by atoms with Gasteiger partial charge in [-0.2, -0.15) is 0 Å². The van der Waals surface area contributed by atoms with Crippen LogP contribution in [-0.4, -0.2) is 26.4 Å². The van der Waals surface area contributed by atoms with Crippen LogP contribution in [0.3, 0.4) is 0 Å². The average Bonchev–Trinajstić information content (AvgIpc) is 2.95. The summed E-state index contributed by atoms with van der Waals surface area (Å²) in [5.74, 6) is -0.138. The molecule has 7 heteroatoms. The number of hydrogen-bond acceptors (Lipinski definition) is 4. The van der Waals surface area contributed by atoms with E-state index in [-0.39, 0.29) is 12.4 Å². The van der Waals surface area contributed by atoms with Gasteiger partial charge in [0.05, 0.1) is 17.9 Å². The molecule has 0 bridgehead atoms. The van der Waals surface area contributed by atoms with Crippen molar-refractivity contribution in [3.63, 3.8) is 0 Å². The van der Waals surface area contributed by atoms with Crippen LogP contribution < -0.4 is 5.73 Å². The maximum Gasteiger partial charge on any atom is 0.288 e. The third-order valence-corrected chi connectivity index (χ3v) is 4.00. The topological polar surface area (TPSA) is 86.2 Å². The lowest BCUT2D eigenvalue weighted by Crippen LogP contribution is -2.14. The van der Waals surface area contributed by atoms with Crippen molar-refractivity contribution in [3.8, 4) is 5.69 Å². The van der Waals surface area contributed by atoms with Gasteiger partial charge in [-0.1, -0.05) is 41.9 Å². The first-order valence-electron chi connectivity index (χ1n) is 7.29. The summed E-state index contributed by atoms with van der Waals surface area (Å²) in [5, 5.41) is 4.82. The molecule has 24 heavy (non-hydrogen) atoms. The van der Waals surface area contributed by atoms with E-state index in [0.29, 0.717) is 10.8 Å². The highest BCUT2D eigenvalue weighted by atomic mass is 35.5. The van der Waals surface area contributed by atoms with Crippen molar-refractivity contribution in [1.82, 2.24) is 14.8 Å². The number of fused-ring (bicyclic) bond motifs is 3. The Morgan fingerprint density at radius 2 is 1.96 bits per heavy atom.